The van der Waals surface area contributed by atoms with Crippen LogP contribution in [-0.2, 0) is 0 Å². The van der Waals surface area contributed by atoms with Crippen molar-refractivity contribution in [2.24, 2.45) is 0 Å². The van der Waals surface area contributed by atoms with E-state index in [-0.39, 0.29) is 0 Å². The van der Waals surface area contributed by atoms with Gasteiger partial charge in [0.15, 0.2) is 0 Å². The fraction of sp³-hybridized carbons (Fsp3) is 0.533. The minimum Gasteiger partial charge on any atom is -0.374 e. The third-order valence-electron chi connectivity index (χ3n) is 3.39. The molecule has 0 fully saturated rings. The van der Waals surface area contributed by atoms with Crippen LogP contribution >= 0.6 is 0 Å². The Morgan fingerprint density at radius 3 is 2.28 bits per heavy atom. The summed E-state index contributed by atoms with van der Waals surface area (Å²) >= 11 is 0. The summed E-state index contributed by atoms with van der Waals surface area (Å²) in [6.07, 6.45) is 0.795. The van der Waals surface area contributed by atoms with Gasteiger partial charge in [0.2, 0.25) is 0 Å². The predicted octanol–water partition coefficient (Wildman–Crippen LogP) is 2.63. The Morgan fingerprint density at radius 2 is 1.83 bits per heavy atom. The van der Waals surface area contributed by atoms with Gasteiger partial charge >= 0.3 is 0 Å². The van der Waals surface area contributed by atoms with E-state index in [1.807, 2.05) is 14.0 Å². The monoisotopic (exact) mass is 245 g/mol. The Balaban J connectivity index is 2.71. The molecule has 0 saturated heterocycles. The number of nitrogens with one attached hydrogen (secondary N) is 1. The van der Waals surface area contributed by atoms with Gasteiger partial charge in [-0.15, -0.1) is 0 Å². The van der Waals surface area contributed by atoms with Crippen molar-refractivity contribution in [1.82, 2.24) is 5.32 Å². The van der Waals surface area contributed by atoms with Crippen molar-refractivity contribution in [3.8, 4) is 6.07 Å². The number of rotatable bonds is 5. The topological polar surface area (TPSA) is 39.1 Å². The second-order valence-corrected chi connectivity index (χ2v) is 5.21. The van der Waals surface area contributed by atoms with Crippen LogP contribution in [-0.4, -0.2) is 26.2 Å². The quantitative estimate of drug-likeness (QED) is 0.866. The molecule has 98 valence electrons. The van der Waals surface area contributed by atoms with Crippen molar-refractivity contribution >= 4 is 5.69 Å². The van der Waals surface area contributed by atoms with Crippen LogP contribution in [0.5, 0.6) is 0 Å². The number of nitrogens with zero attached hydrogens (tertiary/aromatic N) is 2. The van der Waals surface area contributed by atoms with E-state index in [1.54, 1.807) is 0 Å². The Kier molecular flexibility index (Phi) is 4.75. The number of aryl methyl sites for hydroxylation is 2. The zero-order chi connectivity index (χ0) is 13.8. The highest BCUT2D eigenvalue weighted by atomic mass is 15.1. The summed E-state index contributed by atoms with van der Waals surface area (Å²) in [5.74, 6) is 0. The van der Waals surface area contributed by atoms with Gasteiger partial charge in [-0.05, 0) is 57.5 Å². The minimum atomic E-state index is -0.451. The van der Waals surface area contributed by atoms with E-state index in [0.29, 0.717) is 0 Å². The van der Waals surface area contributed by atoms with Gasteiger partial charge in [-0.2, -0.15) is 5.26 Å². The molecule has 1 N–H and O–H groups in total. The largest absolute Gasteiger partial charge is 0.374 e. The normalized spacial score (nSPS) is 13.8. The van der Waals surface area contributed by atoms with Gasteiger partial charge < -0.3 is 10.2 Å². The third-order valence-corrected chi connectivity index (χ3v) is 3.39. The molecule has 0 aliphatic heterocycles. The smallest absolute Gasteiger partial charge is 0.105 e. The molecule has 0 spiro atoms. The lowest BCUT2D eigenvalue weighted by Gasteiger charge is -2.26. The number of benzene rings is 1. The number of anilines is 1. The molecule has 1 aromatic carbocycles. The lowest BCUT2D eigenvalue weighted by molar-refractivity contribution is 0.458. The maximum absolute atomic E-state index is 9.13. The van der Waals surface area contributed by atoms with E-state index in [0.717, 1.165) is 13.0 Å². The summed E-state index contributed by atoms with van der Waals surface area (Å²) in [7, 11) is 3.90. The summed E-state index contributed by atoms with van der Waals surface area (Å²) in [6, 6.07) is 8.84. The van der Waals surface area contributed by atoms with Crippen LogP contribution in [0.25, 0.3) is 0 Å². The van der Waals surface area contributed by atoms with E-state index in [2.05, 4.69) is 55.4 Å². The van der Waals surface area contributed by atoms with E-state index >= 15 is 0 Å². The van der Waals surface area contributed by atoms with Gasteiger partial charge in [-0.1, -0.05) is 6.07 Å². The molecule has 0 amide bonds. The van der Waals surface area contributed by atoms with Crippen molar-refractivity contribution < 1.29 is 0 Å². The Morgan fingerprint density at radius 1 is 1.28 bits per heavy atom. The van der Waals surface area contributed by atoms with Crippen LogP contribution in [0.2, 0.25) is 0 Å². The summed E-state index contributed by atoms with van der Waals surface area (Å²) in [5.41, 5.74) is 3.30. The molecule has 1 aromatic rings. The Hall–Kier alpha value is -1.53. The molecule has 1 atom stereocenters. The lowest BCUT2D eigenvalue weighted by atomic mass is 10.00. The summed E-state index contributed by atoms with van der Waals surface area (Å²) < 4.78 is 0. The van der Waals surface area contributed by atoms with Crippen LogP contribution in [0.3, 0.4) is 0 Å². The SMILES string of the molecule is CNC(C)(C#N)CCN(C)c1cc(C)cc(C)c1. The van der Waals surface area contributed by atoms with Gasteiger partial charge in [0.05, 0.1) is 6.07 Å². The molecule has 3 heteroatoms. The number of hydrogen-bond acceptors (Lipinski definition) is 3. The Bertz CT molecular complexity index is 427. The van der Waals surface area contributed by atoms with Gasteiger partial charge in [-0.3, -0.25) is 0 Å². The van der Waals surface area contributed by atoms with E-state index < -0.39 is 5.54 Å². The zero-order valence-corrected chi connectivity index (χ0v) is 12.0. The molecule has 0 saturated carbocycles. The van der Waals surface area contributed by atoms with Crippen molar-refractivity contribution in [2.75, 3.05) is 25.5 Å². The third kappa shape index (κ3) is 3.75. The molecule has 1 rings (SSSR count). The lowest BCUT2D eigenvalue weighted by Crippen LogP contribution is -2.41. The predicted molar refractivity (Wildman–Crippen MR) is 76.9 cm³/mol. The second kappa shape index (κ2) is 5.88. The highest BCUT2D eigenvalue weighted by Crippen LogP contribution is 2.19. The van der Waals surface area contributed by atoms with Crippen LogP contribution in [0.15, 0.2) is 18.2 Å². The fourth-order valence-corrected chi connectivity index (χ4v) is 1.93. The first-order valence-corrected chi connectivity index (χ1v) is 6.30. The molecule has 0 heterocycles. The molecule has 0 aliphatic rings. The van der Waals surface area contributed by atoms with Gasteiger partial charge in [0, 0.05) is 19.3 Å². The summed E-state index contributed by atoms with van der Waals surface area (Å²) in [4.78, 5) is 2.20. The second-order valence-electron chi connectivity index (χ2n) is 5.21. The summed E-state index contributed by atoms with van der Waals surface area (Å²) in [6.45, 7) is 7.00. The van der Waals surface area contributed by atoms with Crippen molar-refractivity contribution in [3.05, 3.63) is 29.3 Å². The molecular weight excluding hydrogens is 222 g/mol. The minimum absolute atomic E-state index is 0.451. The van der Waals surface area contributed by atoms with Crippen LogP contribution < -0.4 is 10.2 Å². The highest BCUT2D eigenvalue weighted by Gasteiger charge is 2.21. The molecule has 0 radical (unpaired) electrons. The number of nitriles is 1. The average Bonchev–Trinajstić information content (AvgIpc) is 2.34. The van der Waals surface area contributed by atoms with E-state index in [4.69, 9.17) is 5.26 Å². The standard InChI is InChI=1S/C15H23N3/c1-12-8-13(2)10-14(9-12)18(5)7-6-15(3,11-16)17-4/h8-10,17H,6-7H2,1-5H3. The highest BCUT2D eigenvalue weighted by molar-refractivity contribution is 5.50. The molecule has 0 aromatic heterocycles. The van der Waals surface area contributed by atoms with E-state index in [1.165, 1.54) is 16.8 Å². The number of hydrogen-bond donors (Lipinski definition) is 1. The molecular formula is C15H23N3. The van der Waals surface area contributed by atoms with Crippen molar-refractivity contribution in [2.45, 2.75) is 32.7 Å². The van der Waals surface area contributed by atoms with Gasteiger partial charge in [-0.25, -0.2) is 0 Å². The maximum Gasteiger partial charge on any atom is 0.105 e. The van der Waals surface area contributed by atoms with Crippen LogP contribution in [0.4, 0.5) is 5.69 Å². The van der Waals surface area contributed by atoms with Gasteiger partial charge in [0.25, 0.3) is 0 Å². The first-order valence-electron chi connectivity index (χ1n) is 6.30. The molecule has 1 unspecified atom stereocenters. The van der Waals surface area contributed by atoms with Gasteiger partial charge in [0.1, 0.15) is 5.54 Å². The molecule has 0 bridgehead atoms. The summed E-state index contributed by atoms with van der Waals surface area (Å²) in [5, 5.41) is 12.2. The fourth-order valence-electron chi connectivity index (χ4n) is 1.93. The molecule has 3 nitrogen and oxygen atoms in total. The van der Waals surface area contributed by atoms with Crippen molar-refractivity contribution in [3.63, 3.8) is 0 Å². The maximum atomic E-state index is 9.13. The van der Waals surface area contributed by atoms with Crippen molar-refractivity contribution in [1.29, 1.82) is 5.26 Å². The molecule has 0 aliphatic carbocycles. The first-order chi connectivity index (χ1) is 8.40. The molecule has 18 heavy (non-hydrogen) atoms. The average molecular weight is 245 g/mol. The zero-order valence-electron chi connectivity index (χ0n) is 12.0. The first kappa shape index (κ1) is 14.5. The van der Waals surface area contributed by atoms with Crippen LogP contribution in [0.1, 0.15) is 24.5 Å². The Labute approximate surface area is 110 Å². The van der Waals surface area contributed by atoms with E-state index in [9.17, 15) is 0 Å². The van der Waals surface area contributed by atoms with Crippen LogP contribution in [0, 0.1) is 25.2 Å².